The number of imidazole rings is 1. The molecule has 0 unspecified atom stereocenters. The van der Waals surface area contributed by atoms with Gasteiger partial charge < -0.3 is 19.3 Å². The molecule has 3 fully saturated rings. The molecule has 9 heteroatoms. The minimum atomic E-state index is -0.240. The Kier molecular flexibility index (Phi) is 6.46. The van der Waals surface area contributed by atoms with Crippen LogP contribution in [0.2, 0.25) is 0 Å². The number of benzene rings is 2. The van der Waals surface area contributed by atoms with Gasteiger partial charge in [0.25, 0.3) is 0 Å². The van der Waals surface area contributed by atoms with E-state index in [0.717, 1.165) is 105 Å². The van der Waals surface area contributed by atoms with Crippen molar-refractivity contribution >= 4 is 22.9 Å². The molecule has 1 amide bonds. The van der Waals surface area contributed by atoms with Gasteiger partial charge in [-0.05, 0) is 55.5 Å². The summed E-state index contributed by atoms with van der Waals surface area (Å²) in [5, 5.41) is 0. The first-order chi connectivity index (χ1) is 19.5. The van der Waals surface area contributed by atoms with Crippen LogP contribution >= 0.6 is 0 Å². The molecule has 1 aliphatic carbocycles. The Morgan fingerprint density at radius 1 is 0.875 bits per heavy atom. The number of fused-ring (bicyclic) bond motifs is 1. The fourth-order valence-corrected chi connectivity index (χ4v) is 6.05. The number of amides is 1. The molecule has 206 valence electrons. The van der Waals surface area contributed by atoms with Gasteiger partial charge >= 0.3 is 0 Å². The fraction of sp³-hybridized carbons (Fsp3) is 0.419. The first-order valence-electron chi connectivity index (χ1n) is 14.3. The van der Waals surface area contributed by atoms with Gasteiger partial charge in [-0.25, -0.2) is 19.3 Å². The minimum absolute atomic E-state index is 0.240. The van der Waals surface area contributed by atoms with Crippen LogP contribution in [0, 0.1) is 17.7 Å². The number of carbonyl (C=O) groups is 1. The molecule has 2 aromatic carbocycles. The lowest BCUT2D eigenvalue weighted by Crippen LogP contribution is -2.44. The highest BCUT2D eigenvalue weighted by Crippen LogP contribution is 2.35. The Morgan fingerprint density at radius 3 is 2.25 bits per heavy atom. The molecule has 7 rings (SSSR count). The summed E-state index contributed by atoms with van der Waals surface area (Å²) in [6.45, 7) is 6.13. The second-order valence-corrected chi connectivity index (χ2v) is 11.5. The molecule has 4 heterocycles. The molecule has 2 aliphatic heterocycles. The number of nitrogens with zero attached hydrogens (tertiary/aromatic N) is 7. The number of anilines is 1. The van der Waals surface area contributed by atoms with Crippen molar-refractivity contribution in [2.45, 2.75) is 25.8 Å². The third-order valence-corrected chi connectivity index (χ3v) is 8.60. The van der Waals surface area contributed by atoms with Gasteiger partial charge in [0, 0.05) is 57.3 Å². The van der Waals surface area contributed by atoms with E-state index in [1.165, 1.54) is 12.1 Å². The Bertz CT molecular complexity index is 1520. The van der Waals surface area contributed by atoms with Crippen LogP contribution in [0.4, 0.5) is 10.2 Å². The maximum absolute atomic E-state index is 13.4. The van der Waals surface area contributed by atoms with Crippen LogP contribution in [-0.4, -0.2) is 81.5 Å². The number of likely N-dealkylation sites (N-methyl/N-ethyl adjacent to an activating group) is 1. The van der Waals surface area contributed by atoms with Gasteiger partial charge in [-0.2, -0.15) is 0 Å². The van der Waals surface area contributed by atoms with E-state index in [1.54, 1.807) is 18.5 Å². The van der Waals surface area contributed by atoms with Crippen molar-refractivity contribution in [2.75, 3.05) is 51.2 Å². The monoisotopic (exact) mass is 539 g/mol. The highest BCUT2D eigenvalue weighted by atomic mass is 19.1. The van der Waals surface area contributed by atoms with E-state index in [-0.39, 0.29) is 11.7 Å². The predicted octanol–water partition coefficient (Wildman–Crippen LogP) is 4.31. The van der Waals surface area contributed by atoms with E-state index < -0.39 is 0 Å². The van der Waals surface area contributed by atoms with Crippen molar-refractivity contribution in [1.82, 2.24) is 29.3 Å². The molecule has 8 nitrogen and oxygen atoms in total. The van der Waals surface area contributed by atoms with Crippen LogP contribution < -0.4 is 4.90 Å². The lowest BCUT2D eigenvalue weighted by Gasteiger charge is -2.33. The fourth-order valence-electron chi connectivity index (χ4n) is 6.05. The molecule has 40 heavy (non-hydrogen) atoms. The molecule has 0 spiro atoms. The number of hydrogen-bond donors (Lipinski definition) is 0. The first kappa shape index (κ1) is 25.1. The third kappa shape index (κ3) is 4.83. The molecule has 4 aromatic rings. The van der Waals surface area contributed by atoms with Crippen molar-refractivity contribution in [1.29, 1.82) is 0 Å². The zero-order chi connectivity index (χ0) is 27.2. The molecule has 1 atom stereocenters. The summed E-state index contributed by atoms with van der Waals surface area (Å²) in [6, 6.07) is 14.8. The SMILES string of the molecule is CN1CCN(c2ncnc3c2nc(-c2ccc(-c4ccc(F)cc4)cc2)n3C[C@H]2CCN(C(=O)C3CC3)C2)CC1. The summed E-state index contributed by atoms with van der Waals surface area (Å²) in [5.74, 6) is 2.44. The van der Waals surface area contributed by atoms with Crippen LogP contribution in [-0.2, 0) is 11.3 Å². The summed E-state index contributed by atoms with van der Waals surface area (Å²) in [6.07, 6.45) is 4.72. The second-order valence-electron chi connectivity index (χ2n) is 11.5. The van der Waals surface area contributed by atoms with Gasteiger partial charge in [0.2, 0.25) is 5.91 Å². The highest BCUT2D eigenvalue weighted by Gasteiger charge is 2.37. The van der Waals surface area contributed by atoms with Crippen LogP contribution in [0.1, 0.15) is 19.3 Å². The molecule has 1 saturated carbocycles. The summed E-state index contributed by atoms with van der Waals surface area (Å²) in [4.78, 5) is 34.0. The maximum atomic E-state index is 13.4. The molecule has 3 aliphatic rings. The number of carbonyl (C=O) groups excluding carboxylic acids is 1. The average molecular weight is 540 g/mol. The normalized spacial score (nSPS) is 20.0. The van der Waals surface area contributed by atoms with Gasteiger partial charge in [-0.1, -0.05) is 36.4 Å². The molecule has 0 bridgehead atoms. The standard InChI is InChI=1S/C31H34FN7O/c1-36-14-16-37(17-15-36)29-27-30(34-20-33-29)39(19-21-12-13-38(18-21)31(40)25-6-7-25)28(35-27)24-4-2-22(3-5-24)23-8-10-26(32)11-9-23/h2-5,8-11,20-21,25H,6-7,12-19H2,1H3/t21-/m0/s1. The first-order valence-corrected chi connectivity index (χ1v) is 14.3. The summed E-state index contributed by atoms with van der Waals surface area (Å²) in [5.41, 5.74) is 4.66. The van der Waals surface area contributed by atoms with Crippen molar-refractivity contribution in [3.63, 3.8) is 0 Å². The summed E-state index contributed by atoms with van der Waals surface area (Å²) < 4.78 is 15.7. The van der Waals surface area contributed by atoms with Crippen molar-refractivity contribution in [3.05, 3.63) is 60.7 Å². The van der Waals surface area contributed by atoms with E-state index in [4.69, 9.17) is 15.0 Å². The zero-order valence-electron chi connectivity index (χ0n) is 22.8. The minimum Gasteiger partial charge on any atom is -0.352 e. The van der Waals surface area contributed by atoms with E-state index in [1.807, 2.05) is 0 Å². The molecule has 2 saturated heterocycles. The summed E-state index contributed by atoms with van der Waals surface area (Å²) in [7, 11) is 2.15. The Balaban J connectivity index is 1.24. The maximum Gasteiger partial charge on any atom is 0.225 e. The topological polar surface area (TPSA) is 70.4 Å². The molecular weight excluding hydrogens is 505 g/mol. The van der Waals surface area contributed by atoms with Crippen LogP contribution in [0.5, 0.6) is 0 Å². The smallest absolute Gasteiger partial charge is 0.225 e. The Morgan fingerprint density at radius 2 is 1.55 bits per heavy atom. The lowest BCUT2D eigenvalue weighted by atomic mass is 10.0. The van der Waals surface area contributed by atoms with Gasteiger partial charge in [0.05, 0.1) is 0 Å². The summed E-state index contributed by atoms with van der Waals surface area (Å²) >= 11 is 0. The van der Waals surface area contributed by atoms with Crippen molar-refractivity contribution in [2.24, 2.45) is 11.8 Å². The van der Waals surface area contributed by atoms with E-state index >= 15 is 0 Å². The van der Waals surface area contributed by atoms with Gasteiger partial charge in [0.15, 0.2) is 17.0 Å². The number of likely N-dealkylation sites (tertiary alicyclic amines) is 1. The number of rotatable bonds is 6. The van der Waals surface area contributed by atoms with E-state index in [9.17, 15) is 9.18 Å². The van der Waals surface area contributed by atoms with E-state index in [2.05, 4.69) is 50.6 Å². The van der Waals surface area contributed by atoms with E-state index in [0.29, 0.717) is 11.8 Å². The Hall–Kier alpha value is -3.85. The Labute approximate surface area is 233 Å². The highest BCUT2D eigenvalue weighted by molar-refractivity contribution is 5.87. The number of hydrogen-bond acceptors (Lipinski definition) is 6. The molecular formula is C31H34FN7O. The van der Waals surface area contributed by atoms with Crippen molar-refractivity contribution in [3.8, 4) is 22.5 Å². The molecule has 0 radical (unpaired) electrons. The molecule has 2 aromatic heterocycles. The molecule has 0 N–H and O–H groups in total. The third-order valence-electron chi connectivity index (χ3n) is 8.60. The van der Waals surface area contributed by atoms with Gasteiger partial charge in [-0.15, -0.1) is 0 Å². The van der Waals surface area contributed by atoms with Crippen molar-refractivity contribution < 1.29 is 9.18 Å². The predicted molar refractivity (Wildman–Crippen MR) is 153 cm³/mol. The number of piperazine rings is 1. The zero-order valence-corrected chi connectivity index (χ0v) is 22.8. The van der Waals surface area contributed by atoms with Crippen LogP contribution in [0.15, 0.2) is 54.9 Å². The quantitative estimate of drug-likeness (QED) is 0.364. The average Bonchev–Trinajstić information content (AvgIpc) is 3.62. The van der Waals surface area contributed by atoms with Crippen LogP contribution in [0.25, 0.3) is 33.7 Å². The number of halogens is 1. The second kappa shape index (κ2) is 10.3. The largest absolute Gasteiger partial charge is 0.352 e. The van der Waals surface area contributed by atoms with Gasteiger partial charge in [-0.3, -0.25) is 4.79 Å². The van der Waals surface area contributed by atoms with Crippen LogP contribution in [0.3, 0.4) is 0 Å². The lowest BCUT2D eigenvalue weighted by molar-refractivity contribution is -0.131. The number of aromatic nitrogens is 4. The van der Waals surface area contributed by atoms with Gasteiger partial charge in [0.1, 0.15) is 18.0 Å².